The second-order valence-corrected chi connectivity index (χ2v) is 9.22. The molecule has 0 atom stereocenters. The molecular weight excluding hydrogens is 448 g/mol. The summed E-state index contributed by atoms with van der Waals surface area (Å²) in [6, 6.07) is 21.0. The van der Waals surface area contributed by atoms with Crippen molar-refractivity contribution >= 4 is 17.6 Å². The summed E-state index contributed by atoms with van der Waals surface area (Å²) in [6.45, 7) is 11.2. The van der Waals surface area contributed by atoms with E-state index in [1.165, 1.54) is 11.1 Å². The van der Waals surface area contributed by atoms with E-state index in [-0.39, 0.29) is 0 Å². The van der Waals surface area contributed by atoms with Gasteiger partial charge in [-0.1, -0.05) is 35.9 Å². The molecule has 0 spiro atoms. The Kier molecular flexibility index (Phi) is 6.45. The van der Waals surface area contributed by atoms with Crippen LogP contribution in [0.4, 0.5) is 5.95 Å². The summed E-state index contributed by atoms with van der Waals surface area (Å²) in [6.07, 6.45) is 1.93. The molecule has 182 valence electrons. The van der Waals surface area contributed by atoms with Crippen LogP contribution in [0.5, 0.6) is 0 Å². The lowest BCUT2D eigenvalue weighted by Gasteiger charge is -2.28. The van der Waals surface area contributed by atoms with Crippen LogP contribution >= 0.6 is 0 Å². The van der Waals surface area contributed by atoms with Crippen molar-refractivity contribution in [2.75, 3.05) is 31.2 Å². The number of allylic oxidation sites excluding steroid dienone is 1. The smallest absolute Gasteiger partial charge is 0.232 e. The first kappa shape index (κ1) is 23.6. The van der Waals surface area contributed by atoms with Crippen LogP contribution in [0.1, 0.15) is 33.9 Å². The number of ether oxygens (including phenoxy) is 1. The Hall–Kier alpha value is -4.15. The Morgan fingerprint density at radius 3 is 2.39 bits per heavy atom. The van der Waals surface area contributed by atoms with Gasteiger partial charge in [0.15, 0.2) is 5.82 Å². The molecule has 7 nitrogen and oxygen atoms in total. The van der Waals surface area contributed by atoms with Crippen LogP contribution in [-0.4, -0.2) is 45.6 Å². The predicted octanol–water partition coefficient (Wildman–Crippen LogP) is 5.19. The van der Waals surface area contributed by atoms with Crippen molar-refractivity contribution in [3.63, 3.8) is 0 Å². The third-order valence-electron chi connectivity index (χ3n) is 6.68. The van der Waals surface area contributed by atoms with E-state index in [0.29, 0.717) is 24.6 Å². The fourth-order valence-electron chi connectivity index (χ4n) is 4.90. The van der Waals surface area contributed by atoms with E-state index in [2.05, 4.69) is 77.7 Å². The molecule has 1 aliphatic heterocycles. The van der Waals surface area contributed by atoms with Gasteiger partial charge in [-0.2, -0.15) is 5.26 Å². The molecule has 3 heterocycles. The molecule has 1 aliphatic rings. The molecule has 1 saturated heterocycles. The topological polar surface area (TPSA) is 71.9 Å². The Labute approximate surface area is 211 Å². The van der Waals surface area contributed by atoms with Gasteiger partial charge >= 0.3 is 0 Å². The molecule has 5 rings (SSSR count). The minimum atomic E-state index is 0.465. The van der Waals surface area contributed by atoms with Crippen LogP contribution in [0, 0.1) is 39.0 Å². The van der Waals surface area contributed by atoms with Crippen molar-refractivity contribution in [1.82, 2.24) is 19.3 Å². The number of para-hydroxylation sites is 1. The van der Waals surface area contributed by atoms with Crippen LogP contribution in [-0.2, 0) is 4.74 Å². The summed E-state index contributed by atoms with van der Waals surface area (Å²) >= 11 is 0. The van der Waals surface area contributed by atoms with Crippen LogP contribution in [0.25, 0.3) is 23.0 Å². The molecule has 0 bridgehead atoms. The van der Waals surface area contributed by atoms with E-state index in [1.54, 1.807) is 0 Å². The number of hydrogen-bond donors (Lipinski definition) is 0. The van der Waals surface area contributed by atoms with Crippen molar-refractivity contribution < 1.29 is 4.74 Å². The number of hydrogen-bond acceptors (Lipinski definition) is 5. The summed E-state index contributed by atoms with van der Waals surface area (Å²) < 4.78 is 9.76. The van der Waals surface area contributed by atoms with Gasteiger partial charge in [0.25, 0.3) is 0 Å². The Balaban J connectivity index is 1.62. The highest BCUT2D eigenvalue weighted by molar-refractivity contribution is 5.89. The molecule has 1 fully saturated rings. The number of anilines is 1. The number of benzene rings is 2. The third kappa shape index (κ3) is 4.32. The van der Waals surface area contributed by atoms with Gasteiger partial charge < -0.3 is 14.2 Å². The molecule has 2 aromatic heterocycles. The highest BCUT2D eigenvalue weighted by Gasteiger charge is 2.24. The fraction of sp³-hybridized carbons (Fsp3) is 0.276. The number of rotatable bonds is 5. The quantitative estimate of drug-likeness (QED) is 0.369. The minimum absolute atomic E-state index is 0.465. The van der Waals surface area contributed by atoms with Crippen LogP contribution in [0.3, 0.4) is 0 Å². The van der Waals surface area contributed by atoms with E-state index in [0.717, 1.165) is 47.4 Å². The van der Waals surface area contributed by atoms with Gasteiger partial charge in [0.1, 0.15) is 6.07 Å². The zero-order chi connectivity index (χ0) is 25.2. The minimum Gasteiger partial charge on any atom is -0.378 e. The normalized spacial score (nSPS) is 14.2. The van der Waals surface area contributed by atoms with Crippen LogP contribution < -0.4 is 4.90 Å². The maximum atomic E-state index is 10.3. The molecule has 0 radical (unpaired) electrons. The third-order valence-corrected chi connectivity index (χ3v) is 6.68. The zero-order valence-corrected chi connectivity index (χ0v) is 21.2. The molecule has 2 aromatic carbocycles. The van der Waals surface area contributed by atoms with Crippen molar-refractivity contribution in [3.05, 3.63) is 88.5 Å². The number of aromatic nitrogens is 4. The fourth-order valence-corrected chi connectivity index (χ4v) is 4.90. The molecular formula is C29H30N6O. The SMILES string of the molecule is Cc1ccc(-n2c(C)cc(/C=C(\C#N)c3nnc(N4CCOCC4)n3-c3ccccc3)c2C)c(C)c1. The summed E-state index contributed by atoms with van der Waals surface area (Å²) in [5.74, 6) is 1.25. The van der Waals surface area contributed by atoms with Gasteiger partial charge in [0, 0.05) is 30.2 Å². The Morgan fingerprint density at radius 2 is 1.69 bits per heavy atom. The number of nitrogens with zero attached hydrogens (tertiary/aromatic N) is 6. The van der Waals surface area contributed by atoms with Crippen molar-refractivity contribution in [2.45, 2.75) is 27.7 Å². The van der Waals surface area contributed by atoms with E-state index < -0.39 is 0 Å². The lowest BCUT2D eigenvalue weighted by atomic mass is 10.1. The van der Waals surface area contributed by atoms with Crippen LogP contribution in [0.15, 0.2) is 54.6 Å². The van der Waals surface area contributed by atoms with Gasteiger partial charge in [-0.3, -0.25) is 4.57 Å². The van der Waals surface area contributed by atoms with Crippen LogP contribution in [0.2, 0.25) is 0 Å². The largest absolute Gasteiger partial charge is 0.378 e. The van der Waals surface area contributed by atoms with Crippen molar-refractivity contribution in [2.24, 2.45) is 0 Å². The van der Waals surface area contributed by atoms with Gasteiger partial charge in [0.05, 0.1) is 24.5 Å². The van der Waals surface area contributed by atoms with Crippen molar-refractivity contribution in [1.29, 1.82) is 5.26 Å². The molecule has 0 aliphatic carbocycles. The van der Waals surface area contributed by atoms with E-state index in [4.69, 9.17) is 4.74 Å². The zero-order valence-electron chi connectivity index (χ0n) is 21.2. The first-order chi connectivity index (χ1) is 17.5. The Morgan fingerprint density at radius 1 is 0.944 bits per heavy atom. The highest BCUT2D eigenvalue weighted by Crippen LogP contribution is 2.29. The molecule has 0 N–H and O–H groups in total. The summed E-state index contributed by atoms with van der Waals surface area (Å²) in [5, 5.41) is 19.3. The molecule has 4 aromatic rings. The number of aryl methyl sites for hydroxylation is 3. The molecule has 0 unspecified atom stereocenters. The average molecular weight is 479 g/mol. The van der Waals surface area contributed by atoms with Gasteiger partial charge in [-0.25, -0.2) is 0 Å². The van der Waals surface area contributed by atoms with Gasteiger partial charge in [0.2, 0.25) is 5.95 Å². The summed E-state index contributed by atoms with van der Waals surface area (Å²) in [4.78, 5) is 2.16. The first-order valence-electron chi connectivity index (χ1n) is 12.2. The number of nitriles is 1. The first-order valence-corrected chi connectivity index (χ1v) is 12.2. The highest BCUT2D eigenvalue weighted by atomic mass is 16.5. The number of morpholine rings is 1. The van der Waals surface area contributed by atoms with Crippen molar-refractivity contribution in [3.8, 4) is 17.4 Å². The Bertz CT molecular complexity index is 1470. The second-order valence-electron chi connectivity index (χ2n) is 9.22. The molecule has 7 heteroatoms. The van der Waals surface area contributed by atoms with Gasteiger partial charge in [-0.05, 0) is 69.2 Å². The van der Waals surface area contributed by atoms with E-state index in [1.807, 2.05) is 41.0 Å². The second kappa shape index (κ2) is 9.84. The van der Waals surface area contributed by atoms with Gasteiger partial charge in [-0.15, -0.1) is 10.2 Å². The molecule has 0 amide bonds. The monoisotopic (exact) mass is 478 g/mol. The summed E-state index contributed by atoms with van der Waals surface area (Å²) in [5.41, 5.74) is 8.16. The lowest BCUT2D eigenvalue weighted by Crippen LogP contribution is -2.38. The average Bonchev–Trinajstić information content (AvgIpc) is 3.45. The predicted molar refractivity (Wildman–Crippen MR) is 143 cm³/mol. The lowest BCUT2D eigenvalue weighted by molar-refractivity contribution is 0.122. The maximum Gasteiger partial charge on any atom is 0.232 e. The molecule has 36 heavy (non-hydrogen) atoms. The summed E-state index contributed by atoms with van der Waals surface area (Å²) in [7, 11) is 0. The molecule has 0 saturated carbocycles. The van der Waals surface area contributed by atoms with E-state index in [9.17, 15) is 5.26 Å². The van der Waals surface area contributed by atoms with E-state index >= 15 is 0 Å². The standard InChI is InChI=1S/C29H30N6O/c1-20-10-11-27(21(2)16-20)34-22(3)17-24(23(34)4)18-25(19-30)28-31-32-29(33-12-14-36-15-13-33)35(28)26-8-6-5-7-9-26/h5-11,16-18H,12-15H2,1-4H3/b25-18+. The maximum absolute atomic E-state index is 10.3.